The van der Waals surface area contributed by atoms with Crippen LogP contribution in [0.3, 0.4) is 0 Å². The molecule has 4 aromatic carbocycles. The Kier molecular flexibility index (Phi) is 4.91. The van der Waals surface area contributed by atoms with E-state index in [1.54, 1.807) is 12.1 Å². The molecule has 0 saturated carbocycles. The average molecular weight is 538 g/mol. The summed E-state index contributed by atoms with van der Waals surface area (Å²) in [6.45, 7) is 0. The van der Waals surface area contributed by atoms with Gasteiger partial charge in [0.1, 0.15) is 11.5 Å². The minimum atomic E-state index is -1.18. The number of benzene rings is 4. The van der Waals surface area contributed by atoms with Gasteiger partial charge in [0, 0.05) is 31.4 Å². The van der Waals surface area contributed by atoms with Gasteiger partial charge in [0.15, 0.2) is 0 Å². The normalized spacial score (nSPS) is 13.4. The molecule has 0 amide bonds. The van der Waals surface area contributed by atoms with E-state index >= 15 is 0 Å². The Morgan fingerprint density at radius 2 is 1.00 bits per heavy atom. The number of halogens is 2. The van der Waals surface area contributed by atoms with Crippen molar-refractivity contribution in [2.24, 2.45) is 0 Å². The van der Waals surface area contributed by atoms with E-state index in [0.29, 0.717) is 22.9 Å². The number of nitrogen functional groups attached to an aromatic ring is 2. The van der Waals surface area contributed by atoms with Gasteiger partial charge in [-0.15, -0.1) is 0 Å². The topological polar surface area (TPSA) is 70.5 Å². The highest BCUT2D eigenvalue weighted by Gasteiger charge is 2.48. The fraction of sp³-hybridized carbons (Fsp3) is 0.0400. The van der Waals surface area contributed by atoms with Crippen molar-refractivity contribution in [3.63, 3.8) is 0 Å². The van der Waals surface area contributed by atoms with Gasteiger partial charge < -0.3 is 20.9 Å². The highest BCUT2D eigenvalue weighted by atomic mass is 79.9. The number of hydrogen-bond donors (Lipinski definition) is 2. The van der Waals surface area contributed by atoms with Crippen molar-refractivity contribution in [1.82, 2.24) is 0 Å². The van der Waals surface area contributed by atoms with Gasteiger partial charge in [-0.25, -0.2) is 0 Å². The van der Waals surface area contributed by atoms with Crippen LogP contribution in [0.2, 0.25) is 0 Å². The van der Waals surface area contributed by atoms with E-state index in [-0.39, 0.29) is 0 Å². The Hall–Kier alpha value is -2.96. The third-order valence-electron chi connectivity index (χ3n) is 5.32. The van der Waals surface area contributed by atoms with Gasteiger partial charge in [-0.2, -0.15) is 0 Å². The van der Waals surface area contributed by atoms with Crippen LogP contribution in [0.4, 0.5) is 11.4 Å². The van der Waals surface area contributed by atoms with E-state index in [0.717, 1.165) is 31.2 Å². The van der Waals surface area contributed by atoms with Gasteiger partial charge >= 0.3 is 5.79 Å². The highest BCUT2D eigenvalue weighted by Crippen LogP contribution is 2.51. The summed E-state index contributed by atoms with van der Waals surface area (Å²) in [6.07, 6.45) is 0. The monoisotopic (exact) mass is 536 g/mol. The lowest BCUT2D eigenvalue weighted by molar-refractivity contribution is -0.0806. The zero-order valence-corrected chi connectivity index (χ0v) is 19.5. The second-order valence-electron chi connectivity index (χ2n) is 7.28. The molecule has 0 aliphatic heterocycles. The molecule has 0 heterocycles. The summed E-state index contributed by atoms with van der Waals surface area (Å²) in [5.41, 5.74) is 17.2. The summed E-state index contributed by atoms with van der Waals surface area (Å²) in [6, 6.07) is 27.2. The van der Waals surface area contributed by atoms with Gasteiger partial charge in [-0.3, -0.25) is 0 Å². The van der Waals surface area contributed by atoms with E-state index < -0.39 is 5.79 Å². The second kappa shape index (κ2) is 7.62. The maximum atomic E-state index is 6.67. The summed E-state index contributed by atoms with van der Waals surface area (Å²) in [7, 11) is 0. The molecule has 0 radical (unpaired) electrons. The molecule has 5 rings (SSSR count). The first kappa shape index (κ1) is 20.0. The number of nitrogens with two attached hydrogens (primary N) is 2. The van der Waals surface area contributed by atoms with Crippen molar-refractivity contribution in [1.29, 1.82) is 0 Å². The van der Waals surface area contributed by atoms with Crippen molar-refractivity contribution in [3.8, 4) is 22.6 Å². The molecule has 1 aliphatic carbocycles. The van der Waals surface area contributed by atoms with Gasteiger partial charge in [0.2, 0.25) is 0 Å². The summed E-state index contributed by atoms with van der Waals surface area (Å²) >= 11 is 6.99. The number of hydrogen-bond acceptors (Lipinski definition) is 4. The second-order valence-corrected chi connectivity index (χ2v) is 8.99. The van der Waals surface area contributed by atoms with E-state index in [2.05, 4.69) is 44.0 Å². The molecule has 0 saturated heterocycles. The maximum absolute atomic E-state index is 6.67. The van der Waals surface area contributed by atoms with Gasteiger partial charge in [-0.1, -0.05) is 48.5 Å². The lowest BCUT2D eigenvalue weighted by Gasteiger charge is -2.33. The first-order valence-corrected chi connectivity index (χ1v) is 11.2. The maximum Gasteiger partial charge on any atom is 0.306 e. The summed E-state index contributed by atoms with van der Waals surface area (Å²) < 4.78 is 14.9. The van der Waals surface area contributed by atoms with Gasteiger partial charge in [-0.05, 0) is 79.4 Å². The van der Waals surface area contributed by atoms with Crippen LogP contribution in [0.1, 0.15) is 11.1 Å². The molecule has 0 aromatic heterocycles. The fourth-order valence-corrected chi connectivity index (χ4v) is 4.59. The SMILES string of the molecule is Nc1ccc(OC2(Oc3ccc(N)c(Br)c3)c3ccccc3-c3ccccc32)cc1Br. The van der Waals surface area contributed by atoms with E-state index in [1.807, 2.05) is 60.7 Å². The first-order valence-electron chi connectivity index (χ1n) is 9.65. The van der Waals surface area contributed by atoms with E-state index in [4.69, 9.17) is 20.9 Å². The van der Waals surface area contributed by atoms with E-state index in [9.17, 15) is 0 Å². The Labute approximate surface area is 197 Å². The van der Waals surface area contributed by atoms with E-state index in [1.165, 1.54) is 0 Å². The minimum absolute atomic E-state index is 0.627. The first-order chi connectivity index (χ1) is 15.0. The van der Waals surface area contributed by atoms with Gasteiger partial charge in [0.25, 0.3) is 0 Å². The third kappa shape index (κ3) is 3.36. The molecule has 0 atom stereocenters. The lowest BCUT2D eigenvalue weighted by Crippen LogP contribution is -2.39. The Bertz CT molecular complexity index is 1210. The number of ether oxygens (including phenoxy) is 2. The summed E-state index contributed by atoms with van der Waals surface area (Å²) in [4.78, 5) is 0. The molecule has 4 N–H and O–H groups in total. The molecule has 0 unspecified atom stereocenters. The molecule has 4 aromatic rings. The Morgan fingerprint density at radius 1 is 0.581 bits per heavy atom. The van der Waals surface area contributed by atoms with Crippen molar-refractivity contribution in [2.75, 3.05) is 11.5 Å². The molecule has 0 bridgehead atoms. The van der Waals surface area contributed by atoms with Crippen LogP contribution < -0.4 is 20.9 Å². The number of fused-ring (bicyclic) bond motifs is 3. The smallest absolute Gasteiger partial charge is 0.306 e. The van der Waals surface area contributed by atoms with Crippen LogP contribution in [0.5, 0.6) is 11.5 Å². The third-order valence-corrected chi connectivity index (χ3v) is 6.69. The van der Waals surface area contributed by atoms with Crippen molar-refractivity contribution in [3.05, 3.63) is 105 Å². The zero-order valence-electron chi connectivity index (χ0n) is 16.3. The molecule has 154 valence electrons. The van der Waals surface area contributed by atoms with Crippen molar-refractivity contribution >= 4 is 43.2 Å². The van der Waals surface area contributed by atoms with Crippen LogP contribution in [-0.2, 0) is 5.79 Å². The summed E-state index contributed by atoms with van der Waals surface area (Å²) in [5, 5.41) is 0. The van der Waals surface area contributed by atoms with Crippen molar-refractivity contribution in [2.45, 2.75) is 5.79 Å². The molecule has 1 aliphatic rings. The zero-order chi connectivity index (χ0) is 21.6. The van der Waals surface area contributed by atoms with Crippen LogP contribution >= 0.6 is 31.9 Å². The molecular formula is C25H18Br2N2O2. The quantitative estimate of drug-likeness (QED) is 0.224. The predicted octanol–water partition coefficient (Wildman–Crippen LogP) is 6.72. The van der Waals surface area contributed by atoms with Crippen LogP contribution in [0.25, 0.3) is 11.1 Å². The molecule has 6 heteroatoms. The predicted molar refractivity (Wildman–Crippen MR) is 131 cm³/mol. The average Bonchev–Trinajstić information content (AvgIpc) is 3.04. The summed E-state index contributed by atoms with van der Waals surface area (Å²) in [5.74, 6) is 0.0716. The fourth-order valence-electron chi connectivity index (χ4n) is 3.87. The Morgan fingerprint density at radius 3 is 1.42 bits per heavy atom. The molecule has 4 nitrogen and oxygen atoms in total. The molecular weight excluding hydrogens is 520 g/mol. The number of anilines is 2. The van der Waals surface area contributed by atoms with Gasteiger partial charge in [0.05, 0.1) is 0 Å². The molecule has 31 heavy (non-hydrogen) atoms. The standard InChI is InChI=1S/C25H18Br2N2O2/c26-21-13-15(9-11-23(21)28)30-25(31-16-10-12-24(29)22(27)14-16)19-7-3-1-5-17(19)18-6-2-4-8-20(18)25/h1-14H,28-29H2. The highest BCUT2D eigenvalue weighted by molar-refractivity contribution is 9.11. The molecule has 0 fully saturated rings. The number of rotatable bonds is 4. The van der Waals surface area contributed by atoms with Crippen LogP contribution in [0.15, 0.2) is 93.9 Å². The van der Waals surface area contributed by atoms with Crippen molar-refractivity contribution < 1.29 is 9.47 Å². The lowest BCUT2D eigenvalue weighted by atomic mass is 10.0. The van der Waals surface area contributed by atoms with Crippen LogP contribution in [0, 0.1) is 0 Å². The minimum Gasteiger partial charge on any atom is -0.444 e. The van der Waals surface area contributed by atoms with Crippen LogP contribution in [-0.4, -0.2) is 0 Å². The largest absolute Gasteiger partial charge is 0.444 e. The Balaban J connectivity index is 1.73. The molecule has 0 spiro atoms.